The van der Waals surface area contributed by atoms with Gasteiger partial charge in [0.1, 0.15) is 29.0 Å². The van der Waals surface area contributed by atoms with Crippen molar-refractivity contribution in [2.45, 2.75) is 12.8 Å². The van der Waals surface area contributed by atoms with Gasteiger partial charge in [-0.3, -0.25) is 4.90 Å². The summed E-state index contributed by atoms with van der Waals surface area (Å²) >= 11 is 0. The molecule has 152 valence electrons. The standard InChI is InChI=1S/C24H21F2N3O/c1-2-29-13-16(11-15-7-3-5-9-20(15)25)23-19(14-29)22(18(12-27)24(28)30-23)17-8-4-6-10-21(17)26/h3-11,22H,2,13-14,28H2,1H3. The Balaban J connectivity index is 1.92. The lowest BCUT2D eigenvalue weighted by Gasteiger charge is -2.38. The Morgan fingerprint density at radius 3 is 2.50 bits per heavy atom. The van der Waals surface area contributed by atoms with E-state index in [0.717, 1.165) is 17.7 Å². The van der Waals surface area contributed by atoms with Gasteiger partial charge in [-0.2, -0.15) is 5.26 Å². The molecule has 4 rings (SSSR count). The molecule has 0 fully saturated rings. The monoisotopic (exact) mass is 405 g/mol. The zero-order valence-electron chi connectivity index (χ0n) is 16.5. The number of likely N-dealkylation sites (N-methyl/N-ethyl adjacent to an activating group) is 1. The second-order valence-electron chi connectivity index (χ2n) is 7.30. The van der Waals surface area contributed by atoms with Crippen LogP contribution in [0.25, 0.3) is 6.08 Å². The Hall–Kier alpha value is -3.43. The van der Waals surface area contributed by atoms with Crippen LogP contribution in [0.3, 0.4) is 0 Å². The van der Waals surface area contributed by atoms with E-state index in [9.17, 15) is 14.0 Å². The smallest absolute Gasteiger partial charge is 0.205 e. The lowest BCUT2D eigenvalue weighted by Crippen LogP contribution is -2.38. The number of rotatable bonds is 3. The molecule has 6 heteroatoms. The van der Waals surface area contributed by atoms with Crippen molar-refractivity contribution in [3.8, 4) is 6.07 Å². The van der Waals surface area contributed by atoms with Gasteiger partial charge in [0.25, 0.3) is 0 Å². The number of allylic oxidation sites excluding steroid dienone is 1. The van der Waals surface area contributed by atoms with E-state index in [1.807, 2.05) is 6.92 Å². The van der Waals surface area contributed by atoms with Gasteiger partial charge in [-0.25, -0.2) is 8.78 Å². The van der Waals surface area contributed by atoms with Gasteiger partial charge in [-0.05, 0) is 30.3 Å². The second kappa shape index (κ2) is 8.13. The minimum atomic E-state index is -0.654. The topological polar surface area (TPSA) is 62.3 Å². The summed E-state index contributed by atoms with van der Waals surface area (Å²) in [5, 5.41) is 9.74. The molecule has 0 aromatic heterocycles. The minimum Gasteiger partial charge on any atom is -0.440 e. The normalized spacial score (nSPS) is 20.7. The molecule has 2 aliphatic heterocycles. The number of hydrogen-bond donors (Lipinski definition) is 1. The molecule has 4 nitrogen and oxygen atoms in total. The number of hydrogen-bond acceptors (Lipinski definition) is 4. The van der Waals surface area contributed by atoms with E-state index < -0.39 is 11.7 Å². The number of nitrogens with zero attached hydrogens (tertiary/aromatic N) is 2. The molecule has 30 heavy (non-hydrogen) atoms. The van der Waals surface area contributed by atoms with E-state index in [1.165, 1.54) is 12.1 Å². The van der Waals surface area contributed by atoms with Crippen molar-refractivity contribution in [3.63, 3.8) is 0 Å². The van der Waals surface area contributed by atoms with Crippen molar-refractivity contribution >= 4 is 6.08 Å². The average Bonchev–Trinajstić information content (AvgIpc) is 2.75. The summed E-state index contributed by atoms with van der Waals surface area (Å²) in [6.07, 6.45) is 1.73. The SMILES string of the molecule is CCN1CC(=Cc2ccccc2F)C2=C(C1)C(c1ccccc1F)C(C#N)=C(N)O2. The van der Waals surface area contributed by atoms with Crippen LogP contribution in [0, 0.1) is 23.0 Å². The van der Waals surface area contributed by atoms with Crippen LogP contribution in [0.1, 0.15) is 24.0 Å². The van der Waals surface area contributed by atoms with Crippen molar-refractivity contribution in [3.05, 3.63) is 99.7 Å². The third-order valence-electron chi connectivity index (χ3n) is 5.50. The lowest BCUT2D eigenvalue weighted by atomic mass is 9.80. The predicted octanol–water partition coefficient (Wildman–Crippen LogP) is 4.45. The van der Waals surface area contributed by atoms with Crippen LogP contribution < -0.4 is 5.73 Å². The van der Waals surface area contributed by atoms with Crippen LogP contribution >= 0.6 is 0 Å². The molecule has 0 spiro atoms. The van der Waals surface area contributed by atoms with Gasteiger partial charge < -0.3 is 10.5 Å². The maximum absolute atomic E-state index is 14.7. The third-order valence-corrected chi connectivity index (χ3v) is 5.50. The Bertz CT molecular complexity index is 1130. The molecule has 0 bridgehead atoms. The van der Waals surface area contributed by atoms with Gasteiger partial charge in [0, 0.05) is 29.8 Å². The summed E-state index contributed by atoms with van der Waals surface area (Å²) in [5.41, 5.74) is 8.56. The summed E-state index contributed by atoms with van der Waals surface area (Å²) in [6.45, 7) is 3.78. The fraction of sp³-hybridized carbons (Fsp3) is 0.208. The fourth-order valence-electron chi connectivity index (χ4n) is 4.01. The summed E-state index contributed by atoms with van der Waals surface area (Å²) in [6, 6.07) is 14.9. The van der Waals surface area contributed by atoms with E-state index >= 15 is 0 Å². The molecule has 0 saturated heterocycles. The van der Waals surface area contributed by atoms with Crippen LogP contribution in [0.4, 0.5) is 8.78 Å². The summed E-state index contributed by atoms with van der Waals surface area (Å²) in [5.74, 6) is -0.964. The highest BCUT2D eigenvalue weighted by Gasteiger charge is 2.38. The van der Waals surface area contributed by atoms with E-state index in [-0.39, 0.29) is 17.3 Å². The molecule has 2 aromatic rings. The number of benzene rings is 2. The molecular formula is C24H21F2N3O. The van der Waals surface area contributed by atoms with Crippen LogP contribution in [0.5, 0.6) is 0 Å². The molecular weight excluding hydrogens is 384 g/mol. The molecule has 2 aromatic carbocycles. The molecule has 0 radical (unpaired) electrons. The van der Waals surface area contributed by atoms with Gasteiger partial charge in [0.2, 0.25) is 5.88 Å². The molecule has 1 unspecified atom stereocenters. The zero-order chi connectivity index (χ0) is 21.3. The van der Waals surface area contributed by atoms with Gasteiger partial charge in [0.15, 0.2) is 0 Å². The number of nitrogens with two attached hydrogens (primary N) is 1. The first-order valence-corrected chi connectivity index (χ1v) is 9.76. The van der Waals surface area contributed by atoms with Crippen molar-refractivity contribution in [2.24, 2.45) is 5.73 Å². The van der Waals surface area contributed by atoms with Gasteiger partial charge in [-0.1, -0.05) is 43.3 Å². The first kappa shape index (κ1) is 19.9. The van der Waals surface area contributed by atoms with Crippen LogP contribution in [-0.2, 0) is 4.74 Å². The highest BCUT2D eigenvalue weighted by Crippen LogP contribution is 2.44. The average molecular weight is 405 g/mol. The van der Waals surface area contributed by atoms with Gasteiger partial charge >= 0.3 is 0 Å². The highest BCUT2D eigenvalue weighted by molar-refractivity contribution is 5.63. The molecule has 0 amide bonds. The summed E-state index contributed by atoms with van der Waals surface area (Å²) in [4.78, 5) is 2.14. The molecule has 2 heterocycles. The first-order valence-electron chi connectivity index (χ1n) is 9.76. The first-order chi connectivity index (χ1) is 14.5. The van der Waals surface area contributed by atoms with E-state index in [0.29, 0.717) is 30.0 Å². The van der Waals surface area contributed by atoms with E-state index in [4.69, 9.17) is 10.5 Å². The van der Waals surface area contributed by atoms with E-state index in [2.05, 4.69) is 11.0 Å². The molecule has 2 aliphatic rings. The largest absolute Gasteiger partial charge is 0.440 e. The minimum absolute atomic E-state index is 0.0473. The number of halogens is 2. The number of ether oxygens (including phenoxy) is 1. The van der Waals surface area contributed by atoms with Gasteiger partial charge in [0.05, 0.1) is 5.92 Å². The Morgan fingerprint density at radius 2 is 1.83 bits per heavy atom. The van der Waals surface area contributed by atoms with Crippen molar-refractivity contribution in [2.75, 3.05) is 19.6 Å². The zero-order valence-corrected chi connectivity index (χ0v) is 16.5. The predicted molar refractivity (Wildman–Crippen MR) is 111 cm³/mol. The van der Waals surface area contributed by atoms with Crippen LogP contribution in [0.15, 0.2) is 76.9 Å². The maximum Gasteiger partial charge on any atom is 0.205 e. The van der Waals surface area contributed by atoms with E-state index in [1.54, 1.807) is 42.5 Å². The van der Waals surface area contributed by atoms with Crippen molar-refractivity contribution < 1.29 is 13.5 Å². The van der Waals surface area contributed by atoms with Crippen molar-refractivity contribution in [1.29, 1.82) is 5.26 Å². The molecule has 0 aliphatic carbocycles. The van der Waals surface area contributed by atoms with Crippen LogP contribution in [-0.4, -0.2) is 24.5 Å². The summed E-state index contributed by atoms with van der Waals surface area (Å²) in [7, 11) is 0. The molecule has 1 atom stereocenters. The van der Waals surface area contributed by atoms with Crippen LogP contribution in [0.2, 0.25) is 0 Å². The Labute approximate surface area is 174 Å². The third kappa shape index (κ3) is 3.49. The Kier molecular flexibility index (Phi) is 5.39. The maximum atomic E-state index is 14.7. The fourth-order valence-corrected chi connectivity index (χ4v) is 4.01. The Morgan fingerprint density at radius 1 is 1.13 bits per heavy atom. The summed E-state index contributed by atoms with van der Waals surface area (Å²) < 4.78 is 34.9. The highest BCUT2D eigenvalue weighted by atomic mass is 19.1. The quantitative estimate of drug-likeness (QED) is 0.820. The molecule has 2 N–H and O–H groups in total. The number of nitriles is 1. The van der Waals surface area contributed by atoms with Gasteiger partial charge in [-0.15, -0.1) is 0 Å². The van der Waals surface area contributed by atoms with Crippen molar-refractivity contribution in [1.82, 2.24) is 4.90 Å². The second-order valence-corrected chi connectivity index (χ2v) is 7.30. The molecule has 0 saturated carbocycles. The lowest BCUT2D eigenvalue weighted by molar-refractivity contribution is 0.238.